The number of nitrogens with one attached hydrogen (secondary N) is 1. The summed E-state index contributed by atoms with van der Waals surface area (Å²) in [6.07, 6.45) is -0.757. The van der Waals surface area contributed by atoms with E-state index in [1.807, 2.05) is 4.90 Å². The van der Waals surface area contributed by atoms with E-state index in [4.69, 9.17) is 0 Å². The Morgan fingerprint density at radius 3 is 2.44 bits per heavy atom. The Labute approximate surface area is 235 Å². The number of hydrogen-bond donors (Lipinski definition) is 2. The van der Waals surface area contributed by atoms with Gasteiger partial charge < -0.3 is 15.0 Å². The lowest BCUT2D eigenvalue weighted by atomic mass is 9.96. The van der Waals surface area contributed by atoms with Gasteiger partial charge in [-0.25, -0.2) is 32.1 Å². The van der Waals surface area contributed by atoms with Crippen LogP contribution in [0.25, 0.3) is 17.1 Å². The normalized spacial score (nSPS) is 18.8. The van der Waals surface area contributed by atoms with Crippen LogP contribution in [0.2, 0.25) is 0 Å². The number of aliphatic hydroxyl groups is 1. The molecule has 15 heteroatoms. The molecule has 5 rings (SSSR count). The monoisotopic (exact) mass is 597 g/mol. The third kappa shape index (κ3) is 6.52. The molecule has 0 spiro atoms. The van der Waals surface area contributed by atoms with Gasteiger partial charge in [0.1, 0.15) is 28.6 Å². The number of nitrogens with zero attached hydrogens (tertiary/aromatic N) is 6. The molecule has 0 unspecified atom stereocenters. The highest BCUT2D eigenvalue weighted by atomic mass is 32.2. The summed E-state index contributed by atoms with van der Waals surface area (Å²) in [5.41, 5.74) is -1.55. The van der Waals surface area contributed by atoms with Gasteiger partial charge in [-0.2, -0.15) is 13.2 Å². The molecular formula is C26H31F4N7O3S. The van der Waals surface area contributed by atoms with Gasteiger partial charge in [-0.3, -0.25) is 4.90 Å². The van der Waals surface area contributed by atoms with Crippen molar-refractivity contribution in [1.29, 1.82) is 0 Å². The summed E-state index contributed by atoms with van der Waals surface area (Å²) < 4.78 is 83.2. The van der Waals surface area contributed by atoms with Gasteiger partial charge in [0.25, 0.3) is 0 Å². The summed E-state index contributed by atoms with van der Waals surface area (Å²) in [5, 5.41) is 12.9. The summed E-state index contributed by atoms with van der Waals surface area (Å²) in [5.74, 6) is -0.346. The van der Waals surface area contributed by atoms with Crippen LogP contribution in [0.3, 0.4) is 0 Å². The van der Waals surface area contributed by atoms with E-state index in [-0.39, 0.29) is 42.3 Å². The maximum absolute atomic E-state index is 15.2. The van der Waals surface area contributed by atoms with Gasteiger partial charge >= 0.3 is 6.18 Å². The highest BCUT2D eigenvalue weighted by Crippen LogP contribution is 2.36. The van der Waals surface area contributed by atoms with Crippen LogP contribution in [-0.4, -0.2) is 86.3 Å². The SMILES string of the molecule is Cc1nc(-c2nc(NC3CCN(S(C)(=O)=O)CC3)ncc2C(F)(F)F)cn1-c1ccc(CN2CC(C)(O)C2)cc1F. The number of hydrogen-bond acceptors (Lipinski definition) is 8. The number of anilines is 1. The van der Waals surface area contributed by atoms with Crippen molar-refractivity contribution in [3.63, 3.8) is 0 Å². The minimum Gasteiger partial charge on any atom is -0.388 e. The van der Waals surface area contributed by atoms with Crippen molar-refractivity contribution in [3.05, 3.63) is 53.4 Å². The quantitative estimate of drug-likeness (QED) is 0.399. The number of β-amino-alcohol motifs (C(OH)–C–C–N with tert-alkyl or cyclic N) is 1. The van der Waals surface area contributed by atoms with E-state index >= 15 is 4.39 Å². The molecule has 2 saturated heterocycles. The molecule has 0 amide bonds. The van der Waals surface area contributed by atoms with E-state index in [2.05, 4.69) is 20.3 Å². The number of aryl methyl sites for hydroxylation is 1. The second-order valence-corrected chi connectivity index (χ2v) is 13.0. The molecule has 0 aliphatic carbocycles. The molecule has 2 N–H and O–H groups in total. The number of aromatic nitrogens is 4. The molecule has 0 radical (unpaired) electrons. The molecule has 2 fully saturated rings. The fourth-order valence-electron chi connectivity index (χ4n) is 5.33. The van der Waals surface area contributed by atoms with Gasteiger partial charge in [-0.1, -0.05) is 6.07 Å². The summed E-state index contributed by atoms with van der Waals surface area (Å²) in [7, 11) is -3.32. The third-order valence-corrected chi connectivity index (χ3v) is 8.58. The number of benzene rings is 1. The predicted octanol–water partition coefficient (Wildman–Crippen LogP) is 3.20. The topological polar surface area (TPSA) is 116 Å². The Morgan fingerprint density at radius 2 is 1.85 bits per heavy atom. The minimum atomic E-state index is -4.76. The first kappa shape index (κ1) is 29.4. The lowest BCUT2D eigenvalue weighted by Gasteiger charge is -2.44. The van der Waals surface area contributed by atoms with Gasteiger partial charge in [-0.15, -0.1) is 0 Å². The molecule has 0 atom stereocenters. The molecular weight excluding hydrogens is 566 g/mol. The van der Waals surface area contributed by atoms with E-state index in [1.165, 1.54) is 21.1 Å². The Balaban J connectivity index is 1.39. The Hall–Kier alpha value is -3.14. The summed E-state index contributed by atoms with van der Waals surface area (Å²) in [6, 6.07) is 4.41. The average Bonchev–Trinajstić information content (AvgIpc) is 3.23. The fourth-order valence-corrected chi connectivity index (χ4v) is 6.20. The van der Waals surface area contributed by atoms with Crippen LogP contribution in [0.15, 0.2) is 30.6 Å². The molecule has 1 aromatic carbocycles. The number of sulfonamides is 1. The number of likely N-dealkylation sites (tertiary alicyclic amines) is 1. The summed E-state index contributed by atoms with van der Waals surface area (Å²) in [6.45, 7) is 5.27. The zero-order chi connectivity index (χ0) is 29.7. The first-order valence-corrected chi connectivity index (χ1v) is 14.9. The summed E-state index contributed by atoms with van der Waals surface area (Å²) >= 11 is 0. The first-order chi connectivity index (χ1) is 19.1. The van der Waals surface area contributed by atoms with Crippen molar-refractivity contribution < 1.29 is 31.1 Å². The number of imidazole rings is 1. The van der Waals surface area contributed by atoms with E-state index in [0.717, 1.165) is 6.26 Å². The smallest absolute Gasteiger partial charge is 0.388 e. The standard InChI is InChI=1S/C26H31F4N7O3S/c1-16-32-21(13-37(16)22-5-4-17(10-20(22)27)12-35-14-25(2,38)15-35)23-19(26(28,29)30)11-31-24(34-23)33-18-6-8-36(9-7-18)41(3,39)40/h4-5,10-11,13,18,38H,6-9,12,14-15H2,1-3H3,(H,31,33,34). The Morgan fingerprint density at radius 1 is 1.17 bits per heavy atom. The average molecular weight is 598 g/mol. The highest BCUT2D eigenvalue weighted by molar-refractivity contribution is 7.88. The van der Waals surface area contributed by atoms with Gasteiger partial charge in [0.2, 0.25) is 16.0 Å². The number of halogens is 4. The maximum Gasteiger partial charge on any atom is 0.420 e. The molecule has 2 aromatic heterocycles. The van der Waals surface area contributed by atoms with Gasteiger partial charge in [0, 0.05) is 51.2 Å². The molecule has 2 aliphatic heterocycles. The van der Waals surface area contributed by atoms with E-state index in [0.29, 0.717) is 44.2 Å². The van der Waals surface area contributed by atoms with Gasteiger partial charge in [0.05, 0.1) is 17.5 Å². The van der Waals surface area contributed by atoms with Crippen molar-refractivity contribution in [2.45, 2.75) is 51.1 Å². The summed E-state index contributed by atoms with van der Waals surface area (Å²) in [4.78, 5) is 14.3. The molecule has 4 heterocycles. The second kappa shape index (κ2) is 10.6. The van der Waals surface area contributed by atoms with Crippen molar-refractivity contribution >= 4 is 16.0 Å². The van der Waals surface area contributed by atoms with Gasteiger partial charge in [-0.05, 0) is 44.4 Å². The Kier molecular flexibility index (Phi) is 7.59. The van der Waals surface area contributed by atoms with Crippen LogP contribution < -0.4 is 5.32 Å². The number of rotatable bonds is 7. The maximum atomic E-state index is 15.2. The lowest BCUT2D eigenvalue weighted by molar-refractivity contribution is -0.137. The lowest BCUT2D eigenvalue weighted by Crippen LogP contribution is -2.59. The highest BCUT2D eigenvalue weighted by Gasteiger charge is 2.37. The van der Waals surface area contributed by atoms with E-state index in [9.17, 15) is 26.7 Å². The van der Waals surface area contributed by atoms with Crippen LogP contribution in [0, 0.1) is 12.7 Å². The number of alkyl halides is 3. The van der Waals surface area contributed by atoms with Crippen LogP contribution in [-0.2, 0) is 22.7 Å². The van der Waals surface area contributed by atoms with Crippen molar-refractivity contribution in [2.24, 2.45) is 0 Å². The van der Waals surface area contributed by atoms with Gasteiger partial charge in [0.15, 0.2) is 0 Å². The van der Waals surface area contributed by atoms with Crippen molar-refractivity contribution in [2.75, 3.05) is 37.8 Å². The molecule has 10 nitrogen and oxygen atoms in total. The third-order valence-electron chi connectivity index (χ3n) is 7.28. The zero-order valence-electron chi connectivity index (χ0n) is 22.8. The molecule has 41 heavy (non-hydrogen) atoms. The predicted molar refractivity (Wildman–Crippen MR) is 143 cm³/mol. The molecule has 0 bridgehead atoms. The van der Waals surface area contributed by atoms with E-state index < -0.39 is 38.9 Å². The molecule has 222 valence electrons. The fraction of sp³-hybridized carbons (Fsp3) is 0.500. The van der Waals surface area contributed by atoms with Crippen LogP contribution in [0.4, 0.5) is 23.5 Å². The van der Waals surface area contributed by atoms with Crippen molar-refractivity contribution in [1.82, 2.24) is 28.7 Å². The molecule has 3 aromatic rings. The van der Waals surface area contributed by atoms with Crippen LogP contribution in [0.1, 0.15) is 36.7 Å². The largest absolute Gasteiger partial charge is 0.420 e. The number of piperidine rings is 1. The Bertz CT molecular complexity index is 1540. The molecule has 0 saturated carbocycles. The van der Waals surface area contributed by atoms with Crippen LogP contribution >= 0.6 is 0 Å². The second-order valence-electron chi connectivity index (χ2n) is 11.0. The first-order valence-electron chi connectivity index (χ1n) is 13.0. The zero-order valence-corrected chi connectivity index (χ0v) is 23.6. The van der Waals surface area contributed by atoms with E-state index in [1.54, 1.807) is 26.0 Å². The molecule has 2 aliphatic rings. The van der Waals surface area contributed by atoms with Crippen LogP contribution in [0.5, 0.6) is 0 Å². The minimum absolute atomic E-state index is 0.0430. The van der Waals surface area contributed by atoms with Crippen molar-refractivity contribution in [3.8, 4) is 17.1 Å².